The number of likely N-dealkylation sites (tertiary alicyclic amines) is 1. The maximum Gasteiger partial charge on any atom is 0.197 e. The fourth-order valence-corrected chi connectivity index (χ4v) is 5.19. The van der Waals surface area contributed by atoms with Crippen LogP contribution in [0.5, 0.6) is 11.5 Å². The standard InChI is InChI=1S/C26H31N3O5/c1-28-11-7-18(22(33)15-28)24-19(30)13-20(31)25-21(32)14-23(34-26(24)25)16-3-5-17(6-4-16)29-10-2-8-27-9-12-29/h3-6,13-14,18,22,27,30-31,33H,2,7-12,15H2,1H3/t18-,22-/m1/s1. The normalized spacial score (nSPS) is 22.1. The van der Waals surface area contributed by atoms with Gasteiger partial charge in [0.15, 0.2) is 5.43 Å². The van der Waals surface area contributed by atoms with E-state index in [0.29, 0.717) is 24.3 Å². The molecule has 8 heteroatoms. The first-order valence-electron chi connectivity index (χ1n) is 11.9. The minimum Gasteiger partial charge on any atom is -0.507 e. The van der Waals surface area contributed by atoms with Crippen molar-refractivity contribution in [2.24, 2.45) is 0 Å². The maximum atomic E-state index is 13.0. The number of rotatable bonds is 3. The second-order valence-electron chi connectivity index (χ2n) is 9.37. The number of phenolic OH excluding ortho intramolecular Hbond substituents is 2. The summed E-state index contributed by atoms with van der Waals surface area (Å²) in [5.41, 5.74) is 1.96. The van der Waals surface area contributed by atoms with Gasteiger partial charge in [0.25, 0.3) is 0 Å². The Hall–Kier alpha value is -3.07. The summed E-state index contributed by atoms with van der Waals surface area (Å²) in [6.45, 7) is 5.07. The molecule has 3 heterocycles. The highest BCUT2D eigenvalue weighted by molar-refractivity contribution is 5.89. The third-order valence-corrected chi connectivity index (χ3v) is 7.01. The van der Waals surface area contributed by atoms with Gasteiger partial charge in [0.2, 0.25) is 0 Å². The van der Waals surface area contributed by atoms with Gasteiger partial charge in [-0.15, -0.1) is 0 Å². The Labute approximate surface area is 198 Å². The number of aliphatic hydroxyl groups is 1. The van der Waals surface area contributed by atoms with Crippen LogP contribution in [0.15, 0.2) is 45.6 Å². The molecule has 0 aliphatic carbocycles. The molecule has 2 fully saturated rings. The molecule has 180 valence electrons. The largest absolute Gasteiger partial charge is 0.507 e. The van der Waals surface area contributed by atoms with Gasteiger partial charge in [-0.25, -0.2) is 0 Å². The summed E-state index contributed by atoms with van der Waals surface area (Å²) in [6.07, 6.45) is 0.951. The van der Waals surface area contributed by atoms with Crippen LogP contribution in [0.25, 0.3) is 22.3 Å². The number of nitrogens with zero attached hydrogens (tertiary/aromatic N) is 2. The smallest absolute Gasteiger partial charge is 0.197 e. The zero-order valence-electron chi connectivity index (χ0n) is 19.3. The van der Waals surface area contributed by atoms with E-state index in [1.54, 1.807) is 0 Å². The van der Waals surface area contributed by atoms with Crippen molar-refractivity contribution < 1.29 is 19.7 Å². The van der Waals surface area contributed by atoms with Gasteiger partial charge in [-0.1, -0.05) is 0 Å². The number of β-amino-alcohol motifs (C(OH)–C–C–N with tert-alkyl or cyclic N) is 1. The zero-order chi connectivity index (χ0) is 23.8. The first kappa shape index (κ1) is 22.7. The molecule has 2 atom stereocenters. The number of aromatic hydroxyl groups is 2. The van der Waals surface area contributed by atoms with Gasteiger partial charge in [0.05, 0.1) is 6.10 Å². The highest BCUT2D eigenvalue weighted by Gasteiger charge is 2.33. The minimum absolute atomic E-state index is 0.0244. The van der Waals surface area contributed by atoms with Crippen LogP contribution < -0.4 is 15.6 Å². The van der Waals surface area contributed by atoms with E-state index < -0.39 is 12.0 Å². The van der Waals surface area contributed by atoms with Crippen LogP contribution in [0.2, 0.25) is 0 Å². The summed E-state index contributed by atoms with van der Waals surface area (Å²) in [7, 11) is 1.93. The Morgan fingerprint density at radius 2 is 1.82 bits per heavy atom. The summed E-state index contributed by atoms with van der Waals surface area (Å²) in [5.74, 6) is -0.555. The number of nitrogens with one attached hydrogen (secondary N) is 1. The van der Waals surface area contributed by atoms with E-state index >= 15 is 0 Å². The summed E-state index contributed by atoms with van der Waals surface area (Å²) in [5, 5.41) is 35.3. The number of hydrogen-bond donors (Lipinski definition) is 4. The quantitative estimate of drug-likeness (QED) is 0.467. The zero-order valence-corrected chi connectivity index (χ0v) is 19.3. The van der Waals surface area contributed by atoms with Gasteiger partial charge in [0, 0.05) is 61.0 Å². The van der Waals surface area contributed by atoms with Gasteiger partial charge < -0.3 is 34.9 Å². The van der Waals surface area contributed by atoms with E-state index in [1.807, 2.05) is 36.2 Å². The summed E-state index contributed by atoms with van der Waals surface area (Å²) < 4.78 is 6.19. The van der Waals surface area contributed by atoms with Crippen LogP contribution in [-0.2, 0) is 0 Å². The van der Waals surface area contributed by atoms with Crippen molar-refractivity contribution >= 4 is 16.7 Å². The number of phenols is 2. The van der Waals surface area contributed by atoms with Crippen molar-refractivity contribution in [3.8, 4) is 22.8 Å². The summed E-state index contributed by atoms with van der Waals surface area (Å²) >= 11 is 0. The van der Waals surface area contributed by atoms with E-state index in [9.17, 15) is 20.1 Å². The molecule has 0 spiro atoms. The van der Waals surface area contributed by atoms with Gasteiger partial charge in [-0.05, 0) is 57.2 Å². The highest BCUT2D eigenvalue weighted by Crippen LogP contribution is 2.42. The van der Waals surface area contributed by atoms with Crippen LogP contribution in [0.1, 0.15) is 24.3 Å². The van der Waals surface area contributed by atoms with Crippen LogP contribution in [-0.4, -0.2) is 72.6 Å². The summed E-state index contributed by atoms with van der Waals surface area (Å²) in [4.78, 5) is 17.4. The Balaban J connectivity index is 1.57. The number of piperidine rings is 1. The van der Waals surface area contributed by atoms with Crippen molar-refractivity contribution in [2.75, 3.05) is 51.2 Å². The predicted molar refractivity (Wildman–Crippen MR) is 132 cm³/mol. The first-order valence-corrected chi connectivity index (χ1v) is 11.9. The van der Waals surface area contributed by atoms with E-state index in [4.69, 9.17) is 4.42 Å². The van der Waals surface area contributed by atoms with Gasteiger partial charge in [-0.3, -0.25) is 4.79 Å². The average Bonchev–Trinajstić information content (AvgIpc) is 3.09. The van der Waals surface area contributed by atoms with E-state index in [1.165, 1.54) is 12.1 Å². The summed E-state index contributed by atoms with van der Waals surface area (Å²) in [6, 6.07) is 10.4. The fraction of sp³-hybridized carbons (Fsp3) is 0.423. The molecule has 3 aromatic rings. The van der Waals surface area contributed by atoms with Crippen molar-refractivity contribution in [1.29, 1.82) is 0 Å². The predicted octanol–water partition coefficient (Wildman–Crippen LogP) is 2.45. The maximum absolute atomic E-state index is 13.0. The lowest BCUT2D eigenvalue weighted by Crippen LogP contribution is -2.40. The molecule has 8 nitrogen and oxygen atoms in total. The van der Waals surface area contributed by atoms with Crippen molar-refractivity contribution in [3.63, 3.8) is 0 Å². The van der Waals surface area contributed by atoms with Gasteiger partial charge >= 0.3 is 0 Å². The number of anilines is 1. The SMILES string of the molecule is CN1CC[C@@H](c2c(O)cc(O)c3c(=O)cc(-c4ccc(N5CCCNCC5)cc4)oc23)[C@H](O)C1. The van der Waals surface area contributed by atoms with Crippen molar-refractivity contribution in [1.82, 2.24) is 10.2 Å². The molecule has 4 N–H and O–H groups in total. The lowest BCUT2D eigenvalue weighted by atomic mass is 9.85. The lowest BCUT2D eigenvalue weighted by Gasteiger charge is -2.34. The Morgan fingerprint density at radius 1 is 1.03 bits per heavy atom. The molecule has 0 radical (unpaired) electrons. The van der Waals surface area contributed by atoms with Crippen LogP contribution in [0.3, 0.4) is 0 Å². The van der Waals surface area contributed by atoms with Crippen LogP contribution >= 0.6 is 0 Å². The second kappa shape index (κ2) is 9.29. The number of benzene rings is 2. The van der Waals surface area contributed by atoms with Crippen molar-refractivity contribution in [3.05, 3.63) is 52.2 Å². The molecule has 2 aromatic carbocycles. The van der Waals surface area contributed by atoms with Crippen LogP contribution in [0, 0.1) is 0 Å². The number of aliphatic hydroxyl groups excluding tert-OH is 1. The molecule has 0 amide bonds. The van der Waals surface area contributed by atoms with E-state index in [2.05, 4.69) is 10.2 Å². The Morgan fingerprint density at radius 3 is 2.59 bits per heavy atom. The molecule has 2 aliphatic heterocycles. The Bertz CT molecular complexity index is 1230. The average molecular weight is 466 g/mol. The number of fused-ring (bicyclic) bond motifs is 1. The minimum atomic E-state index is -0.728. The second-order valence-corrected chi connectivity index (χ2v) is 9.37. The topological polar surface area (TPSA) is 109 Å². The molecular formula is C26H31N3O5. The molecule has 0 unspecified atom stereocenters. The highest BCUT2D eigenvalue weighted by atomic mass is 16.3. The molecule has 34 heavy (non-hydrogen) atoms. The monoisotopic (exact) mass is 465 g/mol. The van der Waals surface area contributed by atoms with E-state index in [0.717, 1.165) is 50.4 Å². The van der Waals surface area contributed by atoms with Crippen LogP contribution in [0.4, 0.5) is 5.69 Å². The number of hydrogen-bond acceptors (Lipinski definition) is 8. The number of likely N-dealkylation sites (N-methyl/N-ethyl adjacent to an activating group) is 1. The molecule has 1 aromatic heterocycles. The molecule has 2 aliphatic rings. The van der Waals surface area contributed by atoms with E-state index in [-0.39, 0.29) is 27.9 Å². The van der Waals surface area contributed by atoms with Gasteiger partial charge in [-0.2, -0.15) is 0 Å². The molecule has 5 rings (SSSR count). The molecule has 0 bridgehead atoms. The molecule has 0 saturated carbocycles. The first-order chi connectivity index (χ1) is 16.4. The molecular weight excluding hydrogens is 434 g/mol. The third-order valence-electron chi connectivity index (χ3n) is 7.01. The Kier molecular flexibility index (Phi) is 6.20. The molecule has 2 saturated heterocycles. The van der Waals surface area contributed by atoms with Crippen molar-refractivity contribution in [2.45, 2.75) is 24.9 Å². The lowest BCUT2D eigenvalue weighted by molar-refractivity contribution is 0.0630. The fourth-order valence-electron chi connectivity index (χ4n) is 5.19. The third kappa shape index (κ3) is 4.24. The van der Waals surface area contributed by atoms with Gasteiger partial charge in [0.1, 0.15) is 28.2 Å².